The molecule has 0 spiro atoms. The van der Waals surface area contributed by atoms with Gasteiger partial charge < -0.3 is 4.74 Å². The lowest BCUT2D eigenvalue weighted by atomic mass is 10.1. The van der Waals surface area contributed by atoms with Crippen molar-refractivity contribution in [2.24, 2.45) is 0 Å². The van der Waals surface area contributed by atoms with Crippen molar-refractivity contribution in [1.29, 1.82) is 0 Å². The molecule has 0 saturated carbocycles. The third-order valence-electron chi connectivity index (χ3n) is 4.32. The van der Waals surface area contributed by atoms with Crippen LogP contribution in [0.25, 0.3) is 6.08 Å². The Labute approximate surface area is 162 Å². The Morgan fingerprint density at radius 2 is 1.57 bits per heavy atom. The summed E-state index contributed by atoms with van der Waals surface area (Å²) in [5.41, 5.74) is 5.09. The quantitative estimate of drug-likeness (QED) is 0.550. The molecule has 0 unspecified atom stereocenters. The third-order valence-corrected chi connectivity index (χ3v) is 4.32. The Balaban J connectivity index is 1.52. The minimum Gasteiger partial charge on any atom is -0.489 e. The van der Waals surface area contributed by atoms with Crippen LogP contribution in [0.3, 0.4) is 0 Å². The lowest BCUT2D eigenvalue weighted by Crippen LogP contribution is -2.35. The molecule has 4 rings (SSSR count). The van der Waals surface area contributed by atoms with Crippen molar-refractivity contribution in [1.82, 2.24) is 5.43 Å². The van der Waals surface area contributed by atoms with E-state index in [0.717, 1.165) is 11.1 Å². The van der Waals surface area contributed by atoms with Crippen molar-refractivity contribution >= 4 is 23.6 Å². The summed E-state index contributed by atoms with van der Waals surface area (Å²) in [6, 6.07) is 26.2. The number of anilines is 1. The normalized spacial score (nSPS) is 15.0. The van der Waals surface area contributed by atoms with Crippen molar-refractivity contribution < 1.29 is 14.3 Å². The van der Waals surface area contributed by atoms with Gasteiger partial charge in [-0.1, -0.05) is 60.7 Å². The smallest absolute Gasteiger partial charge is 0.282 e. The van der Waals surface area contributed by atoms with Crippen LogP contribution < -0.4 is 15.2 Å². The fraction of sp³-hybridized carbons (Fsp3) is 0.0435. The first-order valence-corrected chi connectivity index (χ1v) is 8.90. The highest BCUT2D eigenvalue weighted by atomic mass is 16.5. The van der Waals surface area contributed by atoms with Crippen LogP contribution in [-0.2, 0) is 16.2 Å². The Hall–Kier alpha value is -3.86. The fourth-order valence-electron chi connectivity index (χ4n) is 2.92. The fourth-order valence-corrected chi connectivity index (χ4v) is 2.92. The number of benzene rings is 3. The highest BCUT2D eigenvalue weighted by Gasteiger charge is 2.34. The molecule has 1 heterocycles. The van der Waals surface area contributed by atoms with Crippen molar-refractivity contribution in [3.8, 4) is 5.75 Å². The largest absolute Gasteiger partial charge is 0.489 e. The number of hydrogen-bond acceptors (Lipinski definition) is 3. The molecular weight excluding hydrogens is 352 g/mol. The maximum atomic E-state index is 12.7. The molecule has 1 N–H and O–H groups in total. The number of nitrogens with one attached hydrogen (secondary N) is 1. The molecule has 5 heteroatoms. The maximum absolute atomic E-state index is 12.7. The Kier molecular flexibility index (Phi) is 4.89. The van der Waals surface area contributed by atoms with E-state index in [-0.39, 0.29) is 11.5 Å². The van der Waals surface area contributed by atoms with Crippen LogP contribution in [-0.4, -0.2) is 11.8 Å². The maximum Gasteiger partial charge on any atom is 0.282 e. The van der Waals surface area contributed by atoms with Gasteiger partial charge in [0.15, 0.2) is 0 Å². The molecule has 0 bridgehead atoms. The molecular formula is C23H18N2O3. The lowest BCUT2D eigenvalue weighted by Gasteiger charge is -2.13. The summed E-state index contributed by atoms with van der Waals surface area (Å²) in [6.45, 7) is 0.446. The molecule has 0 radical (unpaired) electrons. The number of para-hydroxylation sites is 1. The van der Waals surface area contributed by atoms with E-state index < -0.39 is 5.91 Å². The van der Waals surface area contributed by atoms with Crippen LogP contribution in [0.2, 0.25) is 0 Å². The van der Waals surface area contributed by atoms with E-state index >= 15 is 0 Å². The minimum absolute atomic E-state index is 0.0871. The number of carbonyl (C=O) groups is 2. The van der Waals surface area contributed by atoms with Gasteiger partial charge in [-0.3, -0.25) is 15.0 Å². The number of rotatable bonds is 5. The predicted octanol–water partition coefficient (Wildman–Crippen LogP) is 3.73. The van der Waals surface area contributed by atoms with Crippen LogP contribution in [0, 0.1) is 0 Å². The molecule has 3 aromatic rings. The standard InChI is InChI=1S/C23H18N2O3/c26-22-21(23(27)25(24-22)19-11-5-2-6-12-19)15-18-10-7-13-20(14-18)28-16-17-8-3-1-4-9-17/h1-15H,16H2,(H,24,26)/b21-15-. The van der Waals surface area contributed by atoms with Gasteiger partial charge in [-0.2, -0.15) is 0 Å². The average molecular weight is 370 g/mol. The summed E-state index contributed by atoms with van der Waals surface area (Å²) in [4.78, 5) is 25.0. The molecule has 138 valence electrons. The highest BCUT2D eigenvalue weighted by Crippen LogP contribution is 2.23. The highest BCUT2D eigenvalue weighted by molar-refractivity contribution is 6.31. The van der Waals surface area contributed by atoms with Crippen molar-refractivity contribution in [2.75, 3.05) is 5.01 Å². The molecule has 5 nitrogen and oxygen atoms in total. The molecule has 1 aliphatic heterocycles. The zero-order valence-corrected chi connectivity index (χ0v) is 15.0. The number of amides is 2. The summed E-state index contributed by atoms with van der Waals surface area (Å²) in [6.07, 6.45) is 1.58. The van der Waals surface area contributed by atoms with Gasteiger partial charge in [0.2, 0.25) is 0 Å². The van der Waals surface area contributed by atoms with E-state index in [9.17, 15) is 9.59 Å². The van der Waals surface area contributed by atoms with Crippen LogP contribution >= 0.6 is 0 Å². The molecule has 1 fully saturated rings. The Bertz CT molecular complexity index is 1030. The molecule has 2 amide bonds. The van der Waals surface area contributed by atoms with Gasteiger partial charge in [-0.05, 0) is 41.5 Å². The SMILES string of the molecule is O=C1NN(c2ccccc2)C(=O)/C1=C\c1cccc(OCc2ccccc2)c1. The minimum atomic E-state index is -0.426. The first-order valence-electron chi connectivity index (χ1n) is 8.90. The molecule has 1 aliphatic rings. The van der Waals surface area contributed by atoms with E-state index in [0.29, 0.717) is 18.0 Å². The van der Waals surface area contributed by atoms with E-state index in [2.05, 4.69) is 5.43 Å². The summed E-state index contributed by atoms with van der Waals surface area (Å²) >= 11 is 0. The number of carbonyl (C=O) groups excluding carboxylic acids is 2. The topological polar surface area (TPSA) is 58.6 Å². The lowest BCUT2D eigenvalue weighted by molar-refractivity contribution is -0.117. The van der Waals surface area contributed by atoms with Crippen LogP contribution in [0.15, 0.2) is 90.5 Å². The molecule has 3 aromatic carbocycles. The van der Waals surface area contributed by atoms with Gasteiger partial charge in [-0.15, -0.1) is 0 Å². The predicted molar refractivity (Wildman–Crippen MR) is 107 cm³/mol. The van der Waals surface area contributed by atoms with E-state index in [1.165, 1.54) is 5.01 Å². The van der Waals surface area contributed by atoms with Gasteiger partial charge >= 0.3 is 0 Å². The van der Waals surface area contributed by atoms with Crippen LogP contribution in [0.4, 0.5) is 5.69 Å². The van der Waals surface area contributed by atoms with Crippen molar-refractivity contribution in [2.45, 2.75) is 6.61 Å². The van der Waals surface area contributed by atoms with E-state index in [4.69, 9.17) is 4.74 Å². The second-order valence-electron chi connectivity index (χ2n) is 6.32. The zero-order valence-electron chi connectivity index (χ0n) is 15.0. The average Bonchev–Trinajstić information content (AvgIpc) is 3.02. The summed E-state index contributed by atoms with van der Waals surface area (Å²) in [5, 5.41) is 1.25. The van der Waals surface area contributed by atoms with Crippen LogP contribution in [0.5, 0.6) is 5.75 Å². The number of hydrogen-bond donors (Lipinski definition) is 1. The second kappa shape index (κ2) is 7.80. The molecule has 0 aliphatic carbocycles. The number of nitrogens with zero attached hydrogens (tertiary/aromatic N) is 1. The van der Waals surface area contributed by atoms with Gasteiger partial charge in [0.05, 0.1) is 5.69 Å². The second-order valence-corrected chi connectivity index (χ2v) is 6.32. The summed E-state index contributed by atoms with van der Waals surface area (Å²) < 4.78 is 5.82. The number of ether oxygens (including phenoxy) is 1. The molecule has 1 saturated heterocycles. The first-order chi connectivity index (χ1) is 13.7. The van der Waals surface area contributed by atoms with Gasteiger partial charge in [0.1, 0.15) is 17.9 Å². The summed E-state index contributed by atoms with van der Waals surface area (Å²) in [5.74, 6) is -0.139. The summed E-state index contributed by atoms with van der Waals surface area (Å²) in [7, 11) is 0. The Morgan fingerprint density at radius 3 is 2.32 bits per heavy atom. The van der Waals surface area contributed by atoms with Crippen LogP contribution in [0.1, 0.15) is 11.1 Å². The number of hydrazine groups is 1. The molecule has 28 heavy (non-hydrogen) atoms. The third kappa shape index (κ3) is 3.78. The zero-order chi connectivity index (χ0) is 19.3. The van der Waals surface area contributed by atoms with Gasteiger partial charge in [0.25, 0.3) is 11.8 Å². The van der Waals surface area contributed by atoms with Crippen molar-refractivity contribution in [3.05, 3.63) is 102 Å². The molecule has 0 atom stereocenters. The van der Waals surface area contributed by atoms with Gasteiger partial charge in [0, 0.05) is 0 Å². The first kappa shape index (κ1) is 17.5. The van der Waals surface area contributed by atoms with Crippen molar-refractivity contribution in [3.63, 3.8) is 0 Å². The van der Waals surface area contributed by atoms with E-state index in [1.54, 1.807) is 18.2 Å². The Morgan fingerprint density at radius 1 is 0.857 bits per heavy atom. The molecule has 0 aromatic heterocycles. The monoisotopic (exact) mass is 370 g/mol. The van der Waals surface area contributed by atoms with E-state index in [1.807, 2.05) is 72.8 Å². The van der Waals surface area contributed by atoms with Gasteiger partial charge in [-0.25, -0.2) is 5.01 Å².